The minimum atomic E-state index is -0.880. The van der Waals surface area contributed by atoms with Gasteiger partial charge in [-0.15, -0.1) is 0 Å². The van der Waals surface area contributed by atoms with Crippen molar-refractivity contribution in [3.63, 3.8) is 0 Å². The molecule has 21 heavy (non-hydrogen) atoms. The van der Waals surface area contributed by atoms with Crippen molar-refractivity contribution in [2.75, 3.05) is 12.0 Å². The Morgan fingerprint density at radius 1 is 1.29 bits per heavy atom. The number of carbonyl (C=O) groups excluding carboxylic acids is 2. The summed E-state index contributed by atoms with van der Waals surface area (Å²) in [6, 6.07) is -0.886. The fourth-order valence-electron chi connectivity index (χ4n) is 2.80. The minimum Gasteiger partial charge on any atom is -0.342 e. The Morgan fingerprint density at radius 3 is 2.38 bits per heavy atom. The van der Waals surface area contributed by atoms with Crippen molar-refractivity contribution in [1.29, 1.82) is 0 Å². The molecule has 4 unspecified atom stereocenters. The first-order valence-electron chi connectivity index (χ1n) is 7.70. The maximum atomic E-state index is 12.7. The zero-order valence-corrected chi connectivity index (χ0v) is 14.5. The largest absolute Gasteiger partial charge is 0.342 e. The first kappa shape index (κ1) is 18.1. The van der Waals surface area contributed by atoms with Gasteiger partial charge in [0.05, 0.1) is 0 Å². The normalized spacial score (nSPS) is 25.9. The van der Waals surface area contributed by atoms with Crippen LogP contribution in [0.5, 0.6) is 0 Å². The van der Waals surface area contributed by atoms with E-state index in [0.29, 0.717) is 30.9 Å². The third-order valence-corrected chi connectivity index (χ3v) is 4.71. The molecule has 0 aromatic rings. The van der Waals surface area contributed by atoms with Gasteiger partial charge in [0.2, 0.25) is 11.8 Å². The zero-order chi connectivity index (χ0) is 16.2. The van der Waals surface area contributed by atoms with Crippen molar-refractivity contribution in [3.8, 4) is 0 Å². The van der Waals surface area contributed by atoms with Crippen molar-refractivity contribution in [1.82, 2.24) is 10.2 Å². The molecule has 0 aliphatic carbocycles. The molecule has 5 nitrogen and oxygen atoms in total. The van der Waals surface area contributed by atoms with E-state index in [-0.39, 0.29) is 17.9 Å². The van der Waals surface area contributed by atoms with Gasteiger partial charge in [0.1, 0.15) is 12.1 Å². The standard InChI is InChI=1S/C15H28N2O3S/c1-6-13-14(18)16-12(9-10(2)3)15(19)17(13)11(4)7-8-21(5)20/h10-13H,6-9H2,1-5H3,(H,16,18). The third-order valence-electron chi connectivity index (χ3n) is 3.90. The van der Waals surface area contributed by atoms with Crippen LogP contribution < -0.4 is 5.32 Å². The van der Waals surface area contributed by atoms with Crippen molar-refractivity contribution >= 4 is 22.6 Å². The smallest absolute Gasteiger partial charge is 0.246 e. The summed E-state index contributed by atoms with van der Waals surface area (Å²) < 4.78 is 11.3. The van der Waals surface area contributed by atoms with E-state index in [0.717, 1.165) is 0 Å². The Bertz CT molecular complexity index is 412. The van der Waals surface area contributed by atoms with Crippen LogP contribution in [-0.4, -0.2) is 51.1 Å². The van der Waals surface area contributed by atoms with E-state index in [1.165, 1.54) is 0 Å². The van der Waals surface area contributed by atoms with E-state index in [4.69, 9.17) is 0 Å². The van der Waals surface area contributed by atoms with Gasteiger partial charge in [0.15, 0.2) is 0 Å². The minimum absolute atomic E-state index is 0.00420. The molecular formula is C15H28N2O3S. The molecule has 0 bridgehead atoms. The number of hydrogen-bond acceptors (Lipinski definition) is 3. The second kappa shape index (κ2) is 7.92. The number of piperazine rings is 1. The molecule has 4 atom stereocenters. The fourth-order valence-corrected chi connectivity index (χ4v) is 3.48. The molecule has 122 valence electrons. The highest BCUT2D eigenvalue weighted by atomic mass is 32.2. The Kier molecular flexibility index (Phi) is 6.84. The number of hydrogen-bond donors (Lipinski definition) is 1. The van der Waals surface area contributed by atoms with Crippen LogP contribution >= 0.6 is 0 Å². The summed E-state index contributed by atoms with van der Waals surface area (Å²) in [7, 11) is -0.880. The average molecular weight is 316 g/mol. The number of amides is 2. The molecule has 1 aliphatic rings. The molecule has 0 radical (unpaired) electrons. The molecular weight excluding hydrogens is 288 g/mol. The number of nitrogens with one attached hydrogen (secondary N) is 1. The Labute approximate surface area is 130 Å². The second-order valence-electron chi connectivity index (χ2n) is 6.28. The quantitative estimate of drug-likeness (QED) is 0.770. The van der Waals surface area contributed by atoms with Crippen LogP contribution in [0.4, 0.5) is 0 Å². The highest BCUT2D eigenvalue weighted by Crippen LogP contribution is 2.21. The summed E-state index contributed by atoms with van der Waals surface area (Å²) in [6.07, 6.45) is 3.58. The van der Waals surface area contributed by atoms with E-state index in [1.54, 1.807) is 11.2 Å². The van der Waals surface area contributed by atoms with Crippen LogP contribution in [0, 0.1) is 5.92 Å². The lowest BCUT2D eigenvalue weighted by Crippen LogP contribution is -2.65. The molecule has 6 heteroatoms. The third kappa shape index (κ3) is 4.80. The lowest BCUT2D eigenvalue weighted by molar-refractivity contribution is -0.152. The van der Waals surface area contributed by atoms with Gasteiger partial charge in [-0.25, -0.2) is 0 Å². The van der Waals surface area contributed by atoms with Gasteiger partial charge < -0.3 is 10.2 Å². The topological polar surface area (TPSA) is 66.5 Å². The Hall–Kier alpha value is -0.910. The van der Waals surface area contributed by atoms with Gasteiger partial charge in [-0.1, -0.05) is 20.8 Å². The Balaban J connectivity index is 2.89. The highest BCUT2D eigenvalue weighted by Gasteiger charge is 2.41. The van der Waals surface area contributed by atoms with Crippen molar-refractivity contribution < 1.29 is 13.8 Å². The number of carbonyl (C=O) groups is 2. The van der Waals surface area contributed by atoms with E-state index in [1.807, 2.05) is 27.7 Å². The van der Waals surface area contributed by atoms with Gasteiger partial charge in [0.25, 0.3) is 0 Å². The molecule has 0 saturated carbocycles. The first-order valence-corrected chi connectivity index (χ1v) is 9.43. The van der Waals surface area contributed by atoms with Gasteiger partial charge in [-0.2, -0.15) is 0 Å². The van der Waals surface area contributed by atoms with E-state index < -0.39 is 22.9 Å². The van der Waals surface area contributed by atoms with Crippen LogP contribution in [0.15, 0.2) is 0 Å². The second-order valence-corrected chi connectivity index (χ2v) is 7.83. The van der Waals surface area contributed by atoms with Crippen LogP contribution in [0.25, 0.3) is 0 Å². The summed E-state index contributed by atoms with van der Waals surface area (Å²) in [5.41, 5.74) is 0. The first-order chi connectivity index (χ1) is 9.77. The van der Waals surface area contributed by atoms with Gasteiger partial charge in [0, 0.05) is 28.9 Å². The molecule has 0 aromatic carbocycles. The maximum Gasteiger partial charge on any atom is 0.246 e. The van der Waals surface area contributed by atoms with Crippen molar-refractivity contribution in [3.05, 3.63) is 0 Å². The number of rotatable bonds is 7. The summed E-state index contributed by atoms with van der Waals surface area (Å²) in [4.78, 5) is 26.7. The lowest BCUT2D eigenvalue weighted by atomic mass is 9.96. The summed E-state index contributed by atoms with van der Waals surface area (Å²) in [5.74, 6) is 0.840. The van der Waals surface area contributed by atoms with Gasteiger partial charge >= 0.3 is 0 Å². The SMILES string of the molecule is CCC1C(=O)NC(CC(C)C)C(=O)N1C(C)CCS(C)=O. The molecule has 0 spiro atoms. The predicted octanol–water partition coefficient (Wildman–Crippen LogP) is 1.30. The molecule has 1 aliphatic heterocycles. The van der Waals surface area contributed by atoms with Crippen LogP contribution in [0.3, 0.4) is 0 Å². The zero-order valence-electron chi connectivity index (χ0n) is 13.7. The molecule has 1 rings (SSSR count). The fraction of sp³-hybridized carbons (Fsp3) is 0.867. The number of nitrogens with zero attached hydrogens (tertiary/aromatic N) is 1. The lowest BCUT2D eigenvalue weighted by Gasteiger charge is -2.42. The van der Waals surface area contributed by atoms with E-state index >= 15 is 0 Å². The van der Waals surface area contributed by atoms with Gasteiger partial charge in [-0.05, 0) is 32.1 Å². The van der Waals surface area contributed by atoms with Crippen molar-refractivity contribution in [2.45, 2.75) is 65.1 Å². The van der Waals surface area contributed by atoms with Crippen LogP contribution in [-0.2, 0) is 20.4 Å². The van der Waals surface area contributed by atoms with E-state index in [9.17, 15) is 13.8 Å². The van der Waals surface area contributed by atoms with Crippen LogP contribution in [0.1, 0.15) is 47.0 Å². The van der Waals surface area contributed by atoms with Crippen LogP contribution in [0.2, 0.25) is 0 Å². The average Bonchev–Trinajstić information content (AvgIpc) is 2.38. The summed E-state index contributed by atoms with van der Waals surface area (Å²) >= 11 is 0. The Morgan fingerprint density at radius 2 is 1.90 bits per heavy atom. The molecule has 2 amide bonds. The molecule has 1 saturated heterocycles. The monoisotopic (exact) mass is 316 g/mol. The highest BCUT2D eigenvalue weighted by molar-refractivity contribution is 7.84. The molecule has 1 heterocycles. The summed E-state index contributed by atoms with van der Waals surface area (Å²) in [6.45, 7) is 7.94. The molecule has 0 aromatic heterocycles. The van der Waals surface area contributed by atoms with Gasteiger partial charge in [-0.3, -0.25) is 13.8 Å². The summed E-state index contributed by atoms with van der Waals surface area (Å²) in [5, 5.41) is 2.86. The molecule has 1 N–H and O–H groups in total. The van der Waals surface area contributed by atoms with Crippen molar-refractivity contribution in [2.24, 2.45) is 5.92 Å². The molecule has 1 fully saturated rings. The predicted molar refractivity (Wildman–Crippen MR) is 85.3 cm³/mol. The maximum absolute atomic E-state index is 12.7. The van der Waals surface area contributed by atoms with E-state index in [2.05, 4.69) is 5.32 Å².